The molecule has 0 aliphatic carbocycles. The Balaban J connectivity index is 2.25. The van der Waals surface area contributed by atoms with Crippen molar-refractivity contribution in [2.45, 2.75) is 38.6 Å². The predicted molar refractivity (Wildman–Crippen MR) is 81.5 cm³/mol. The lowest BCUT2D eigenvalue weighted by atomic mass is 10.1. The summed E-state index contributed by atoms with van der Waals surface area (Å²) in [5.41, 5.74) is -0.0897. The molecule has 1 atom stereocenters. The van der Waals surface area contributed by atoms with E-state index < -0.39 is 19.6 Å². The first-order valence-electron chi connectivity index (χ1n) is 7.43. The van der Waals surface area contributed by atoms with Crippen LogP contribution in [-0.4, -0.2) is 49.7 Å². The van der Waals surface area contributed by atoms with Crippen molar-refractivity contribution in [1.82, 2.24) is 9.55 Å². The van der Waals surface area contributed by atoms with Gasteiger partial charge in [0.2, 0.25) is 5.95 Å². The predicted octanol–water partition coefficient (Wildman–Crippen LogP) is 1.70. The summed E-state index contributed by atoms with van der Waals surface area (Å²) in [5, 5.41) is 9.11. The summed E-state index contributed by atoms with van der Waals surface area (Å²) < 4.78 is 12.9. The second kappa shape index (κ2) is 6.81. The van der Waals surface area contributed by atoms with Gasteiger partial charge in [-0.2, -0.15) is 0 Å². The molecule has 0 spiro atoms. The molecule has 0 fully saturated rings. The van der Waals surface area contributed by atoms with Crippen LogP contribution in [0.3, 0.4) is 0 Å². The largest absolute Gasteiger partial charge is 0.476 e. The summed E-state index contributed by atoms with van der Waals surface area (Å²) in [6.07, 6.45) is 4.80. The standard InChI is InChI=1S/C13H22N3O5P/c1-2-3-4-6-15-7-5-10(9-22(19,20)21)16-8-11(12(17)18)14-13(15)16/h8,10H,2-7,9H2,1H3,(H,17,18)(H2,19,20,21)/t10-/m1/s1. The van der Waals surface area contributed by atoms with Crippen molar-refractivity contribution < 1.29 is 24.3 Å². The van der Waals surface area contributed by atoms with E-state index in [0.717, 1.165) is 25.8 Å². The average molecular weight is 331 g/mol. The van der Waals surface area contributed by atoms with E-state index in [0.29, 0.717) is 18.9 Å². The third kappa shape index (κ3) is 4.09. The van der Waals surface area contributed by atoms with Crippen LogP contribution in [-0.2, 0) is 4.57 Å². The highest BCUT2D eigenvalue weighted by atomic mass is 31.2. The number of hydrogen-bond acceptors (Lipinski definition) is 4. The van der Waals surface area contributed by atoms with Gasteiger partial charge in [0.25, 0.3) is 0 Å². The molecule has 0 amide bonds. The van der Waals surface area contributed by atoms with Crippen LogP contribution in [0.1, 0.15) is 49.1 Å². The van der Waals surface area contributed by atoms with Crippen molar-refractivity contribution in [3.63, 3.8) is 0 Å². The number of fused-ring (bicyclic) bond motifs is 1. The van der Waals surface area contributed by atoms with Crippen LogP contribution in [0.4, 0.5) is 5.95 Å². The summed E-state index contributed by atoms with van der Waals surface area (Å²) in [5.74, 6) is -0.636. The Kier molecular flexibility index (Phi) is 5.26. The first-order valence-corrected chi connectivity index (χ1v) is 9.23. The number of carboxylic acid groups (broad SMARTS) is 1. The monoisotopic (exact) mass is 331 g/mol. The third-order valence-electron chi connectivity index (χ3n) is 3.82. The maximum atomic E-state index is 11.3. The highest BCUT2D eigenvalue weighted by Crippen LogP contribution is 2.42. The quantitative estimate of drug-likeness (QED) is 0.514. The van der Waals surface area contributed by atoms with Crippen molar-refractivity contribution in [3.05, 3.63) is 11.9 Å². The van der Waals surface area contributed by atoms with Crippen molar-refractivity contribution in [1.29, 1.82) is 0 Å². The van der Waals surface area contributed by atoms with Gasteiger partial charge in [-0.15, -0.1) is 0 Å². The maximum Gasteiger partial charge on any atom is 0.356 e. The van der Waals surface area contributed by atoms with Crippen LogP contribution in [0, 0.1) is 0 Å². The molecule has 0 bridgehead atoms. The molecule has 1 aromatic heterocycles. The Bertz CT molecular complexity index is 582. The molecule has 0 unspecified atom stereocenters. The molecule has 1 aliphatic heterocycles. The van der Waals surface area contributed by atoms with Gasteiger partial charge in [-0.25, -0.2) is 9.78 Å². The topological polar surface area (TPSA) is 116 Å². The summed E-state index contributed by atoms with van der Waals surface area (Å²) in [7, 11) is -4.16. The number of anilines is 1. The first-order chi connectivity index (χ1) is 10.3. The minimum atomic E-state index is -4.16. The normalized spacial score (nSPS) is 18.3. The zero-order valence-corrected chi connectivity index (χ0v) is 13.4. The number of imidazole rings is 1. The number of aromatic nitrogens is 2. The van der Waals surface area contributed by atoms with E-state index in [2.05, 4.69) is 11.9 Å². The molecule has 0 radical (unpaired) electrons. The maximum absolute atomic E-state index is 11.3. The van der Waals surface area contributed by atoms with Crippen LogP contribution >= 0.6 is 7.60 Å². The highest BCUT2D eigenvalue weighted by molar-refractivity contribution is 7.51. The van der Waals surface area contributed by atoms with Gasteiger partial charge in [0.15, 0.2) is 5.69 Å². The Morgan fingerprint density at radius 3 is 2.77 bits per heavy atom. The molecule has 124 valence electrons. The van der Waals surface area contributed by atoms with Gasteiger partial charge in [0.1, 0.15) is 0 Å². The van der Waals surface area contributed by atoms with Crippen molar-refractivity contribution in [3.8, 4) is 0 Å². The molecule has 22 heavy (non-hydrogen) atoms. The second-order valence-corrected chi connectivity index (χ2v) is 7.32. The van der Waals surface area contributed by atoms with E-state index in [9.17, 15) is 19.1 Å². The van der Waals surface area contributed by atoms with E-state index in [1.54, 1.807) is 4.57 Å². The number of hydrogen-bond donors (Lipinski definition) is 3. The fraction of sp³-hybridized carbons (Fsp3) is 0.692. The van der Waals surface area contributed by atoms with Crippen LogP contribution in [0.15, 0.2) is 6.20 Å². The van der Waals surface area contributed by atoms with E-state index in [1.165, 1.54) is 6.20 Å². The number of unbranched alkanes of at least 4 members (excludes halogenated alkanes) is 2. The molecule has 2 rings (SSSR count). The minimum Gasteiger partial charge on any atom is -0.476 e. The minimum absolute atomic E-state index is 0.0897. The lowest BCUT2D eigenvalue weighted by Crippen LogP contribution is -2.36. The summed E-state index contributed by atoms with van der Waals surface area (Å²) in [6, 6.07) is -0.418. The molecular formula is C13H22N3O5P. The van der Waals surface area contributed by atoms with Crippen LogP contribution in [0.25, 0.3) is 0 Å². The van der Waals surface area contributed by atoms with Crippen LogP contribution in [0.2, 0.25) is 0 Å². The molecule has 8 nitrogen and oxygen atoms in total. The fourth-order valence-electron chi connectivity index (χ4n) is 2.75. The molecule has 3 N–H and O–H groups in total. The molecule has 0 saturated carbocycles. The van der Waals surface area contributed by atoms with Crippen molar-refractivity contribution >= 4 is 19.5 Å². The molecule has 2 heterocycles. The Hall–Kier alpha value is -1.37. The van der Waals surface area contributed by atoms with Gasteiger partial charge in [0, 0.05) is 25.3 Å². The van der Waals surface area contributed by atoms with Crippen molar-refractivity contribution in [2.24, 2.45) is 0 Å². The SMILES string of the molecule is CCCCCN1CC[C@H](CP(=O)(O)O)n2cc(C(=O)O)nc21. The zero-order valence-electron chi connectivity index (χ0n) is 12.6. The fourth-order valence-corrected chi connectivity index (χ4v) is 3.66. The molecular weight excluding hydrogens is 309 g/mol. The molecule has 0 saturated heterocycles. The van der Waals surface area contributed by atoms with Gasteiger partial charge >= 0.3 is 13.6 Å². The van der Waals surface area contributed by atoms with Gasteiger partial charge in [-0.3, -0.25) is 4.57 Å². The van der Waals surface area contributed by atoms with Gasteiger partial charge in [0.05, 0.1) is 6.16 Å². The van der Waals surface area contributed by atoms with E-state index in [-0.39, 0.29) is 11.9 Å². The lowest BCUT2D eigenvalue weighted by Gasteiger charge is -2.34. The lowest BCUT2D eigenvalue weighted by molar-refractivity contribution is 0.0691. The van der Waals surface area contributed by atoms with E-state index in [1.807, 2.05) is 4.90 Å². The zero-order chi connectivity index (χ0) is 16.3. The summed E-state index contributed by atoms with van der Waals surface area (Å²) >= 11 is 0. The number of aromatic carboxylic acids is 1. The smallest absolute Gasteiger partial charge is 0.356 e. The van der Waals surface area contributed by atoms with E-state index >= 15 is 0 Å². The van der Waals surface area contributed by atoms with Crippen LogP contribution < -0.4 is 4.90 Å². The molecule has 1 aromatic rings. The third-order valence-corrected chi connectivity index (χ3v) is 4.72. The number of carboxylic acids is 1. The number of rotatable bonds is 7. The van der Waals surface area contributed by atoms with Crippen LogP contribution in [0.5, 0.6) is 0 Å². The second-order valence-electron chi connectivity index (χ2n) is 5.62. The first kappa shape index (κ1) is 17.0. The van der Waals surface area contributed by atoms with Gasteiger partial charge in [-0.05, 0) is 12.8 Å². The Morgan fingerprint density at radius 2 is 2.18 bits per heavy atom. The Labute approximate surface area is 128 Å². The van der Waals surface area contributed by atoms with Gasteiger partial charge < -0.3 is 24.4 Å². The summed E-state index contributed by atoms with van der Waals surface area (Å²) in [6.45, 7) is 3.51. The highest BCUT2D eigenvalue weighted by Gasteiger charge is 2.32. The van der Waals surface area contributed by atoms with Crippen molar-refractivity contribution in [2.75, 3.05) is 24.2 Å². The van der Waals surface area contributed by atoms with E-state index in [4.69, 9.17) is 5.11 Å². The summed E-state index contributed by atoms with van der Waals surface area (Å²) in [4.78, 5) is 35.7. The Morgan fingerprint density at radius 1 is 1.45 bits per heavy atom. The molecule has 0 aromatic carbocycles. The molecule has 1 aliphatic rings. The molecule has 9 heteroatoms. The number of carbonyl (C=O) groups is 1. The van der Waals surface area contributed by atoms with Gasteiger partial charge in [-0.1, -0.05) is 19.8 Å². The average Bonchev–Trinajstić information content (AvgIpc) is 2.85. The number of nitrogens with zero attached hydrogens (tertiary/aromatic N) is 3.